The fraction of sp³-hybridized carbons (Fsp3) is 0.0800. The highest BCUT2D eigenvalue weighted by atomic mass is 19.1. The van der Waals surface area contributed by atoms with Crippen LogP contribution < -0.4 is 10.1 Å². The molecule has 0 aliphatic carbocycles. The van der Waals surface area contributed by atoms with Crippen LogP contribution >= 0.6 is 0 Å². The average molecular weight is 413 g/mol. The molecular weight excluding hydrogens is 393 g/mol. The van der Waals surface area contributed by atoms with Crippen LogP contribution in [-0.2, 0) is 6.42 Å². The number of hydrogen-bond acceptors (Lipinski definition) is 4. The molecule has 4 rings (SSSR count). The molecule has 0 aliphatic rings. The molecule has 4 aromatic rings. The molecule has 154 valence electrons. The fourth-order valence-electron chi connectivity index (χ4n) is 3.05. The molecule has 3 aromatic carbocycles. The highest BCUT2D eigenvalue weighted by Crippen LogP contribution is 2.23. The lowest BCUT2D eigenvalue weighted by molar-refractivity contribution is 0.0954. The van der Waals surface area contributed by atoms with Gasteiger partial charge >= 0.3 is 0 Å². The standard InChI is InChI=1S/C25H20FN3O2/c26-21-10-4-8-19(16-21)24-27-15-13-23(29-24)31-22-11-5-9-20(17-22)25(30)28-14-12-18-6-2-1-3-7-18/h1-11,13,15-17H,12,14H2,(H,28,30). The summed E-state index contributed by atoms with van der Waals surface area (Å²) >= 11 is 0. The Labute approximate surface area is 179 Å². The van der Waals surface area contributed by atoms with E-state index in [4.69, 9.17) is 4.74 Å². The number of ether oxygens (including phenoxy) is 1. The molecule has 0 spiro atoms. The zero-order valence-electron chi connectivity index (χ0n) is 16.7. The molecule has 0 saturated heterocycles. The Morgan fingerprint density at radius 1 is 0.935 bits per heavy atom. The summed E-state index contributed by atoms with van der Waals surface area (Å²) in [6.07, 6.45) is 2.30. The predicted molar refractivity (Wildman–Crippen MR) is 116 cm³/mol. The van der Waals surface area contributed by atoms with Crippen LogP contribution in [-0.4, -0.2) is 22.4 Å². The summed E-state index contributed by atoms with van der Waals surface area (Å²) in [6.45, 7) is 0.539. The van der Waals surface area contributed by atoms with E-state index in [1.165, 1.54) is 12.1 Å². The van der Waals surface area contributed by atoms with Crippen molar-refractivity contribution in [2.45, 2.75) is 6.42 Å². The van der Waals surface area contributed by atoms with E-state index >= 15 is 0 Å². The van der Waals surface area contributed by atoms with Gasteiger partial charge in [-0.15, -0.1) is 0 Å². The summed E-state index contributed by atoms with van der Waals surface area (Å²) < 4.78 is 19.3. The molecule has 0 fully saturated rings. The molecule has 1 N–H and O–H groups in total. The number of rotatable bonds is 7. The van der Waals surface area contributed by atoms with Crippen LogP contribution in [0.1, 0.15) is 15.9 Å². The smallest absolute Gasteiger partial charge is 0.251 e. The minimum absolute atomic E-state index is 0.176. The number of carbonyl (C=O) groups excluding carboxylic acids is 1. The SMILES string of the molecule is O=C(NCCc1ccccc1)c1cccc(Oc2ccnc(-c3cccc(F)c3)n2)c1. The van der Waals surface area contributed by atoms with E-state index in [1.54, 1.807) is 48.7 Å². The third-order valence-electron chi connectivity index (χ3n) is 4.57. The summed E-state index contributed by atoms with van der Waals surface area (Å²) in [5, 5.41) is 2.92. The van der Waals surface area contributed by atoms with Crippen LogP contribution in [0.3, 0.4) is 0 Å². The highest BCUT2D eigenvalue weighted by Gasteiger charge is 2.09. The zero-order chi connectivity index (χ0) is 21.5. The van der Waals surface area contributed by atoms with Crippen LogP contribution in [0.15, 0.2) is 91.1 Å². The minimum Gasteiger partial charge on any atom is -0.439 e. The van der Waals surface area contributed by atoms with Crippen molar-refractivity contribution in [2.24, 2.45) is 0 Å². The summed E-state index contributed by atoms with van der Waals surface area (Å²) in [7, 11) is 0. The van der Waals surface area contributed by atoms with Gasteiger partial charge in [-0.05, 0) is 42.3 Å². The first-order valence-corrected chi connectivity index (χ1v) is 9.86. The van der Waals surface area contributed by atoms with Crippen molar-refractivity contribution < 1.29 is 13.9 Å². The van der Waals surface area contributed by atoms with Gasteiger partial charge in [-0.1, -0.05) is 48.5 Å². The maximum absolute atomic E-state index is 13.5. The number of nitrogens with zero attached hydrogens (tertiary/aromatic N) is 2. The van der Waals surface area contributed by atoms with Gasteiger partial charge in [0.15, 0.2) is 5.82 Å². The van der Waals surface area contributed by atoms with Crippen molar-refractivity contribution in [1.82, 2.24) is 15.3 Å². The van der Waals surface area contributed by atoms with Gasteiger partial charge in [-0.25, -0.2) is 9.37 Å². The van der Waals surface area contributed by atoms with Crippen molar-refractivity contribution >= 4 is 5.91 Å². The van der Waals surface area contributed by atoms with E-state index in [-0.39, 0.29) is 11.7 Å². The summed E-state index contributed by atoms with van der Waals surface area (Å²) in [4.78, 5) is 21.0. The van der Waals surface area contributed by atoms with Gasteiger partial charge in [0.25, 0.3) is 5.91 Å². The third-order valence-corrected chi connectivity index (χ3v) is 4.57. The van der Waals surface area contributed by atoms with Gasteiger partial charge in [0.05, 0.1) is 0 Å². The third kappa shape index (κ3) is 5.51. The Bertz CT molecular complexity index is 1180. The molecular formula is C25H20FN3O2. The lowest BCUT2D eigenvalue weighted by Crippen LogP contribution is -2.25. The fourth-order valence-corrected chi connectivity index (χ4v) is 3.05. The molecule has 1 amide bonds. The number of benzene rings is 3. The van der Waals surface area contributed by atoms with E-state index in [0.29, 0.717) is 35.1 Å². The quantitative estimate of drug-likeness (QED) is 0.461. The molecule has 6 heteroatoms. The molecule has 0 bridgehead atoms. The molecule has 5 nitrogen and oxygen atoms in total. The number of aromatic nitrogens is 2. The first kappa shape index (κ1) is 20.2. The molecule has 0 radical (unpaired) electrons. The number of amides is 1. The molecule has 31 heavy (non-hydrogen) atoms. The number of hydrogen-bond donors (Lipinski definition) is 1. The van der Waals surface area contributed by atoms with Gasteiger partial charge < -0.3 is 10.1 Å². The summed E-state index contributed by atoms with van der Waals surface area (Å²) in [6, 6.07) is 24.5. The van der Waals surface area contributed by atoms with E-state index in [0.717, 1.165) is 12.0 Å². The molecule has 0 unspecified atom stereocenters. The second-order valence-electron chi connectivity index (χ2n) is 6.85. The molecule has 1 aromatic heterocycles. The largest absolute Gasteiger partial charge is 0.439 e. The average Bonchev–Trinajstić information content (AvgIpc) is 2.80. The van der Waals surface area contributed by atoms with E-state index < -0.39 is 0 Å². The lowest BCUT2D eigenvalue weighted by atomic mass is 10.1. The van der Waals surface area contributed by atoms with Crippen LogP contribution in [0.4, 0.5) is 4.39 Å². The predicted octanol–water partition coefficient (Wildman–Crippen LogP) is 5.05. The second kappa shape index (κ2) is 9.63. The Kier molecular flexibility index (Phi) is 6.28. The molecule has 0 aliphatic heterocycles. The summed E-state index contributed by atoms with van der Waals surface area (Å²) in [5.41, 5.74) is 2.21. The number of carbonyl (C=O) groups is 1. The van der Waals surface area contributed by atoms with E-state index in [9.17, 15) is 9.18 Å². The number of halogens is 1. The first-order chi connectivity index (χ1) is 15.2. The van der Waals surface area contributed by atoms with Crippen LogP contribution in [0.2, 0.25) is 0 Å². The van der Waals surface area contributed by atoms with Crippen LogP contribution in [0.5, 0.6) is 11.6 Å². The van der Waals surface area contributed by atoms with E-state index in [1.807, 2.05) is 30.3 Å². The monoisotopic (exact) mass is 413 g/mol. The van der Waals surface area contributed by atoms with Gasteiger partial charge in [-0.3, -0.25) is 4.79 Å². The summed E-state index contributed by atoms with van der Waals surface area (Å²) in [5.74, 6) is 0.588. The maximum Gasteiger partial charge on any atom is 0.251 e. The molecule has 1 heterocycles. The maximum atomic E-state index is 13.5. The Balaban J connectivity index is 1.41. The van der Waals surface area contributed by atoms with E-state index in [2.05, 4.69) is 15.3 Å². The first-order valence-electron chi connectivity index (χ1n) is 9.86. The second-order valence-corrected chi connectivity index (χ2v) is 6.85. The molecule has 0 saturated carbocycles. The van der Waals surface area contributed by atoms with Gasteiger partial charge in [0.1, 0.15) is 11.6 Å². The van der Waals surface area contributed by atoms with Gasteiger partial charge in [0.2, 0.25) is 5.88 Å². The lowest BCUT2D eigenvalue weighted by Gasteiger charge is -2.09. The van der Waals surface area contributed by atoms with Crippen molar-refractivity contribution in [3.8, 4) is 23.0 Å². The Morgan fingerprint density at radius 2 is 1.77 bits per heavy atom. The zero-order valence-corrected chi connectivity index (χ0v) is 16.7. The normalized spacial score (nSPS) is 10.5. The van der Waals surface area contributed by atoms with Gasteiger partial charge in [0, 0.05) is 29.9 Å². The Hall–Kier alpha value is -4.06. The van der Waals surface area contributed by atoms with Gasteiger partial charge in [-0.2, -0.15) is 4.98 Å². The minimum atomic E-state index is -0.363. The highest BCUT2D eigenvalue weighted by molar-refractivity contribution is 5.94. The van der Waals surface area contributed by atoms with Crippen molar-refractivity contribution in [3.63, 3.8) is 0 Å². The van der Waals surface area contributed by atoms with Crippen molar-refractivity contribution in [1.29, 1.82) is 0 Å². The number of nitrogens with one attached hydrogen (secondary N) is 1. The van der Waals surface area contributed by atoms with Crippen LogP contribution in [0, 0.1) is 5.82 Å². The Morgan fingerprint density at radius 3 is 2.61 bits per heavy atom. The van der Waals surface area contributed by atoms with Crippen molar-refractivity contribution in [3.05, 3.63) is 108 Å². The van der Waals surface area contributed by atoms with Crippen molar-refractivity contribution in [2.75, 3.05) is 6.54 Å². The van der Waals surface area contributed by atoms with Crippen LogP contribution in [0.25, 0.3) is 11.4 Å². The topological polar surface area (TPSA) is 64.1 Å². The molecule has 0 atom stereocenters.